The van der Waals surface area contributed by atoms with Crippen LogP contribution in [0.2, 0.25) is 0 Å². The van der Waals surface area contributed by atoms with Crippen LogP contribution in [0.25, 0.3) is 0 Å². The Labute approximate surface area is 180 Å². The van der Waals surface area contributed by atoms with Crippen LogP contribution in [0.3, 0.4) is 0 Å². The molecule has 0 aromatic carbocycles. The molecule has 0 radical (unpaired) electrons. The van der Waals surface area contributed by atoms with E-state index in [-0.39, 0.29) is 42.4 Å². The molecule has 30 heavy (non-hydrogen) atoms. The number of fused-ring (bicyclic) bond motifs is 1. The van der Waals surface area contributed by atoms with Crippen molar-refractivity contribution in [1.29, 1.82) is 0 Å². The van der Waals surface area contributed by atoms with Gasteiger partial charge in [0, 0.05) is 12.3 Å². The summed E-state index contributed by atoms with van der Waals surface area (Å²) >= 11 is 0. The van der Waals surface area contributed by atoms with Gasteiger partial charge in [-0.05, 0) is 56.4 Å². The minimum absolute atomic E-state index is 0.0869. The standard InChI is InChI=1S/C25H36O5/c1-6-25(4,5)24(28)30-21-12-15(2)11-17-8-7-16(3)20(23(17)21)10-9-19-13-18(26)14-22(27)29-19/h6-8,11,15-16,18-21,23,26H,1,9-10,12-14H2,2-5H3/t15-,16-,18+,19+,20-,21-,23+/m0/s1. The van der Waals surface area contributed by atoms with Gasteiger partial charge in [-0.3, -0.25) is 9.59 Å². The van der Waals surface area contributed by atoms with Gasteiger partial charge in [0.1, 0.15) is 12.2 Å². The summed E-state index contributed by atoms with van der Waals surface area (Å²) in [7, 11) is 0. The quantitative estimate of drug-likeness (QED) is 0.514. The summed E-state index contributed by atoms with van der Waals surface area (Å²) < 4.78 is 11.5. The highest BCUT2D eigenvalue weighted by atomic mass is 16.6. The second-order valence-corrected chi connectivity index (χ2v) is 9.94. The first-order valence-corrected chi connectivity index (χ1v) is 11.2. The second kappa shape index (κ2) is 9.09. The molecule has 7 atom stereocenters. The Morgan fingerprint density at radius 3 is 2.73 bits per heavy atom. The summed E-state index contributed by atoms with van der Waals surface area (Å²) in [6.07, 6.45) is 10.3. The summed E-state index contributed by atoms with van der Waals surface area (Å²) in [5.74, 6) is 0.542. The number of cyclic esters (lactones) is 1. The minimum atomic E-state index is -0.720. The van der Waals surface area contributed by atoms with E-state index in [0.29, 0.717) is 24.7 Å². The van der Waals surface area contributed by atoms with E-state index in [0.717, 1.165) is 12.8 Å². The van der Waals surface area contributed by atoms with E-state index < -0.39 is 11.5 Å². The smallest absolute Gasteiger partial charge is 0.315 e. The lowest BCUT2D eigenvalue weighted by atomic mass is 9.65. The van der Waals surface area contributed by atoms with Crippen molar-refractivity contribution in [3.05, 3.63) is 36.5 Å². The van der Waals surface area contributed by atoms with Gasteiger partial charge in [0.25, 0.3) is 0 Å². The molecule has 1 heterocycles. The average molecular weight is 417 g/mol. The fourth-order valence-electron chi connectivity index (χ4n) is 5.01. The molecule has 1 aliphatic heterocycles. The predicted octanol–water partition coefficient (Wildman–Crippen LogP) is 4.36. The molecule has 0 amide bonds. The highest BCUT2D eigenvalue weighted by molar-refractivity contribution is 5.78. The second-order valence-electron chi connectivity index (χ2n) is 9.94. The van der Waals surface area contributed by atoms with E-state index in [4.69, 9.17) is 9.47 Å². The van der Waals surface area contributed by atoms with Crippen LogP contribution in [0, 0.1) is 29.1 Å². The highest BCUT2D eigenvalue weighted by Gasteiger charge is 2.43. The van der Waals surface area contributed by atoms with Crippen molar-refractivity contribution in [3.8, 4) is 0 Å². The molecular weight excluding hydrogens is 380 g/mol. The zero-order valence-corrected chi connectivity index (χ0v) is 18.7. The average Bonchev–Trinajstić information content (AvgIpc) is 2.66. The van der Waals surface area contributed by atoms with Gasteiger partial charge in [-0.15, -0.1) is 6.58 Å². The molecule has 3 aliphatic rings. The van der Waals surface area contributed by atoms with Crippen LogP contribution in [0.15, 0.2) is 36.5 Å². The maximum Gasteiger partial charge on any atom is 0.315 e. The number of carbonyl (C=O) groups is 2. The Morgan fingerprint density at radius 1 is 1.33 bits per heavy atom. The summed E-state index contributed by atoms with van der Waals surface area (Å²) in [6.45, 7) is 11.8. The molecule has 1 N–H and O–H groups in total. The number of carbonyl (C=O) groups excluding carboxylic acids is 2. The molecule has 1 fully saturated rings. The first kappa shape index (κ1) is 22.8. The van der Waals surface area contributed by atoms with Crippen molar-refractivity contribution in [1.82, 2.24) is 0 Å². The van der Waals surface area contributed by atoms with Crippen molar-refractivity contribution in [3.63, 3.8) is 0 Å². The Balaban J connectivity index is 1.77. The lowest BCUT2D eigenvalue weighted by molar-refractivity contribution is -0.163. The van der Waals surface area contributed by atoms with Gasteiger partial charge >= 0.3 is 11.9 Å². The van der Waals surface area contributed by atoms with Crippen LogP contribution in [0.1, 0.15) is 59.8 Å². The normalized spacial score (nSPS) is 36.4. The van der Waals surface area contributed by atoms with Gasteiger partial charge in [-0.1, -0.05) is 38.2 Å². The summed E-state index contributed by atoms with van der Waals surface area (Å²) in [4.78, 5) is 24.5. The Hall–Kier alpha value is -1.88. The number of aliphatic hydroxyl groups excluding tert-OH is 1. The van der Waals surface area contributed by atoms with E-state index in [1.54, 1.807) is 6.08 Å². The summed E-state index contributed by atoms with van der Waals surface area (Å²) in [5, 5.41) is 9.91. The number of aliphatic hydroxyl groups is 1. The van der Waals surface area contributed by atoms with Gasteiger partial charge in [0.05, 0.1) is 17.9 Å². The van der Waals surface area contributed by atoms with Crippen molar-refractivity contribution >= 4 is 11.9 Å². The molecule has 0 bridgehead atoms. The monoisotopic (exact) mass is 416 g/mol. The van der Waals surface area contributed by atoms with Crippen molar-refractivity contribution in [2.45, 2.75) is 78.1 Å². The van der Waals surface area contributed by atoms with Crippen LogP contribution in [-0.2, 0) is 19.1 Å². The number of hydrogen-bond donors (Lipinski definition) is 1. The number of hydrogen-bond acceptors (Lipinski definition) is 5. The lowest BCUT2D eigenvalue weighted by Crippen LogP contribution is -2.43. The molecule has 2 aliphatic carbocycles. The van der Waals surface area contributed by atoms with Gasteiger partial charge < -0.3 is 14.6 Å². The number of allylic oxidation sites excluding steroid dienone is 3. The molecule has 0 saturated carbocycles. The first-order chi connectivity index (χ1) is 14.1. The molecule has 0 spiro atoms. The maximum absolute atomic E-state index is 12.8. The van der Waals surface area contributed by atoms with Crippen molar-refractivity contribution in [2.75, 3.05) is 0 Å². The summed E-state index contributed by atoms with van der Waals surface area (Å²) in [5.41, 5.74) is 0.523. The van der Waals surface area contributed by atoms with E-state index >= 15 is 0 Å². The number of ether oxygens (including phenoxy) is 2. The Bertz CT molecular complexity index is 734. The number of rotatable bonds is 6. The molecule has 166 valence electrons. The SMILES string of the molecule is C=CC(C)(C)C(=O)O[C@H]1C[C@@H](C)C=C2C=C[C@H](C)[C@H](CC[C@@H]3C[C@@H](O)CC(=O)O3)[C@@H]21. The Morgan fingerprint density at radius 2 is 2.07 bits per heavy atom. The highest BCUT2D eigenvalue weighted by Crippen LogP contribution is 2.45. The zero-order chi connectivity index (χ0) is 22.1. The molecule has 1 saturated heterocycles. The van der Waals surface area contributed by atoms with E-state index in [2.05, 4.69) is 38.7 Å². The molecule has 0 aromatic heterocycles. The molecule has 0 unspecified atom stereocenters. The van der Waals surface area contributed by atoms with Crippen LogP contribution >= 0.6 is 0 Å². The third-order valence-corrected chi connectivity index (χ3v) is 6.95. The van der Waals surface area contributed by atoms with Crippen LogP contribution in [-0.4, -0.2) is 35.4 Å². The first-order valence-electron chi connectivity index (χ1n) is 11.2. The Kier molecular flexibility index (Phi) is 6.91. The van der Waals surface area contributed by atoms with Crippen LogP contribution < -0.4 is 0 Å². The predicted molar refractivity (Wildman–Crippen MR) is 115 cm³/mol. The van der Waals surface area contributed by atoms with Gasteiger partial charge in [0.15, 0.2) is 0 Å². The van der Waals surface area contributed by atoms with E-state index in [1.807, 2.05) is 13.8 Å². The van der Waals surface area contributed by atoms with E-state index in [1.165, 1.54) is 5.57 Å². The third kappa shape index (κ3) is 5.05. The molecular formula is C25H36O5. The third-order valence-electron chi connectivity index (χ3n) is 6.95. The number of esters is 2. The minimum Gasteiger partial charge on any atom is -0.462 e. The van der Waals surface area contributed by atoms with Crippen LogP contribution in [0.4, 0.5) is 0 Å². The van der Waals surface area contributed by atoms with Gasteiger partial charge in [0.2, 0.25) is 0 Å². The topological polar surface area (TPSA) is 72.8 Å². The largest absolute Gasteiger partial charge is 0.462 e. The maximum atomic E-state index is 12.8. The van der Waals surface area contributed by atoms with Crippen molar-refractivity contribution in [2.24, 2.45) is 29.1 Å². The van der Waals surface area contributed by atoms with Crippen LogP contribution in [0.5, 0.6) is 0 Å². The molecule has 0 aromatic rings. The fraction of sp³-hybridized carbons (Fsp3) is 0.680. The molecule has 5 nitrogen and oxygen atoms in total. The molecule has 3 rings (SSSR count). The zero-order valence-electron chi connectivity index (χ0n) is 18.7. The lowest BCUT2D eigenvalue weighted by Gasteiger charge is -2.44. The molecule has 5 heteroatoms. The van der Waals surface area contributed by atoms with Crippen molar-refractivity contribution < 1.29 is 24.2 Å². The van der Waals surface area contributed by atoms with Gasteiger partial charge in [-0.25, -0.2) is 0 Å². The van der Waals surface area contributed by atoms with E-state index in [9.17, 15) is 14.7 Å². The van der Waals surface area contributed by atoms with Gasteiger partial charge in [-0.2, -0.15) is 0 Å². The summed E-state index contributed by atoms with van der Waals surface area (Å²) in [6, 6.07) is 0. The fourth-order valence-corrected chi connectivity index (χ4v) is 5.01.